The average Bonchev–Trinajstić information content (AvgIpc) is 3.40. The number of carboxylic acid groups (broad SMARTS) is 1. The van der Waals surface area contributed by atoms with E-state index < -0.39 is 33.9 Å². The lowest BCUT2D eigenvalue weighted by atomic mass is 9.96. The molecule has 0 amide bonds. The van der Waals surface area contributed by atoms with Gasteiger partial charge in [0, 0.05) is 25.3 Å². The molecule has 2 fully saturated rings. The molecule has 9 heteroatoms. The van der Waals surface area contributed by atoms with Crippen LogP contribution in [-0.2, 0) is 19.6 Å². The lowest BCUT2D eigenvalue weighted by molar-refractivity contribution is -0.142. The van der Waals surface area contributed by atoms with Crippen molar-refractivity contribution < 1.29 is 27.9 Å². The Morgan fingerprint density at radius 1 is 0.971 bits per heavy atom. The van der Waals surface area contributed by atoms with Gasteiger partial charge < -0.3 is 14.7 Å². The Morgan fingerprint density at radius 3 is 2.20 bits per heavy atom. The fraction of sp³-hybridized carbons (Fsp3) is 0.462. The number of ether oxygens (including phenoxy) is 1. The number of anilines is 1. The number of aliphatic carboxylic acids is 1. The maximum absolute atomic E-state index is 13.0. The molecule has 188 valence electrons. The number of rotatable bonds is 8. The predicted octanol–water partition coefficient (Wildman–Crippen LogP) is 4.01. The summed E-state index contributed by atoms with van der Waals surface area (Å²) in [6, 6.07) is 12.6. The van der Waals surface area contributed by atoms with Gasteiger partial charge >= 0.3 is 11.9 Å². The second-order valence-corrected chi connectivity index (χ2v) is 11.0. The Bertz CT molecular complexity index is 1140. The van der Waals surface area contributed by atoms with E-state index in [0.717, 1.165) is 28.6 Å². The third kappa shape index (κ3) is 5.51. The van der Waals surface area contributed by atoms with Gasteiger partial charge in [0.25, 0.3) is 0 Å². The van der Waals surface area contributed by atoms with E-state index in [2.05, 4.69) is 4.90 Å². The van der Waals surface area contributed by atoms with Crippen molar-refractivity contribution in [3.8, 4) is 5.75 Å². The molecule has 2 aromatic rings. The number of hydrogen-bond acceptors (Lipinski definition) is 6. The molecule has 2 saturated heterocycles. The minimum atomic E-state index is -3.97. The lowest BCUT2D eigenvalue weighted by Gasteiger charge is -2.31. The number of esters is 1. The van der Waals surface area contributed by atoms with Crippen LogP contribution in [0.25, 0.3) is 0 Å². The first-order valence-electron chi connectivity index (χ1n) is 12.2. The number of carboxylic acids is 1. The molecule has 0 aliphatic carbocycles. The van der Waals surface area contributed by atoms with E-state index in [1.54, 1.807) is 0 Å². The zero-order valence-electron chi connectivity index (χ0n) is 19.9. The lowest BCUT2D eigenvalue weighted by Crippen LogP contribution is -2.47. The van der Waals surface area contributed by atoms with Gasteiger partial charge in [0.05, 0.1) is 10.8 Å². The van der Waals surface area contributed by atoms with Crippen LogP contribution in [0.15, 0.2) is 53.4 Å². The summed E-state index contributed by atoms with van der Waals surface area (Å²) in [7, 11) is -3.97. The summed E-state index contributed by atoms with van der Waals surface area (Å²) in [4.78, 5) is 26.8. The number of carbonyl (C=O) groups excluding carboxylic acids is 1. The van der Waals surface area contributed by atoms with Gasteiger partial charge in [-0.05, 0) is 80.5 Å². The second kappa shape index (κ2) is 10.8. The van der Waals surface area contributed by atoms with Crippen molar-refractivity contribution in [1.82, 2.24) is 4.31 Å². The topological polar surface area (TPSA) is 104 Å². The van der Waals surface area contributed by atoms with Crippen molar-refractivity contribution in [2.75, 3.05) is 24.5 Å². The van der Waals surface area contributed by atoms with Crippen LogP contribution in [0.5, 0.6) is 5.75 Å². The van der Waals surface area contributed by atoms with Gasteiger partial charge in [-0.1, -0.05) is 19.1 Å². The summed E-state index contributed by atoms with van der Waals surface area (Å²) in [5.41, 5.74) is 2.04. The summed E-state index contributed by atoms with van der Waals surface area (Å²) in [5.74, 6) is -1.73. The molecule has 0 bridgehead atoms. The molecule has 0 saturated carbocycles. The number of sulfonamides is 1. The van der Waals surface area contributed by atoms with Crippen molar-refractivity contribution in [3.63, 3.8) is 0 Å². The summed E-state index contributed by atoms with van der Waals surface area (Å²) < 4.78 is 32.7. The third-order valence-electron chi connectivity index (χ3n) is 6.85. The van der Waals surface area contributed by atoms with E-state index in [4.69, 9.17) is 4.74 Å². The van der Waals surface area contributed by atoms with Gasteiger partial charge in [-0.15, -0.1) is 0 Å². The third-order valence-corrected chi connectivity index (χ3v) is 8.77. The molecule has 2 aliphatic heterocycles. The summed E-state index contributed by atoms with van der Waals surface area (Å²) in [6.07, 6.45) is 4.56. The minimum absolute atomic E-state index is 0.0185. The fourth-order valence-electron chi connectivity index (χ4n) is 4.87. The second-order valence-electron chi connectivity index (χ2n) is 9.10. The summed E-state index contributed by atoms with van der Waals surface area (Å²) in [6.45, 7) is 4.20. The zero-order valence-corrected chi connectivity index (χ0v) is 20.7. The number of hydrogen-bond donors (Lipinski definition) is 1. The first-order valence-corrected chi connectivity index (χ1v) is 13.7. The molecule has 0 aromatic heterocycles. The van der Waals surface area contributed by atoms with Gasteiger partial charge in [0.1, 0.15) is 11.8 Å². The molecule has 35 heavy (non-hydrogen) atoms. The normalized spacial score (nSPS) is 19.9. The van der Waals surface area contributed by atoms with Crippen LogP contribution in [0.1, 0.15) is 56.9 Å². The molecule has 8 nitrogen and oxygen atoms in total. The Balaban J connectivity index is 1.44. The van der Waals surface area contributed by atoms with Gasteiger partial charge in [0.2, 0.25) is 10.0 Å². The SMILES string of the molecule is CCC(C(=O)Oc1ccc(S(=O)(=O)N2CCCCC2C(=O)O)cc1)c1ccc(N2CCCC2)cc1. The van der Waals surface area contributed by atoms with Crippen LogP contribution in [0, 0.1) is 0 Å². The van der Waals surface area contributed by atoms with Gasteiger partial charge in [0.15, 0.2) is 0 Å². The van der Waals surface area contributed by atoms with Gasteiger partial charge in [-0.3, -0.25) is 9.59 Å². The molecule has 1 N–H and O–H groups in total. The van der Waals surface area contributed by atoms with Gasteiger partial charge in [-0.25, -0.2) is 8.42 Å². The molecule has 2 aromatic carbocycles. The average molecular weight is 501 g/mol. The smallest absolute Gasteiger partial charge is 0.322 e. The molecule has 2 heterocycles. The fourth-order valence-corrected chi connectivity index (χ4v) is 6.52. The maximum Gasteiger partial charge on any atom is 0.322 e. The number of piperidine rings is 1. The van der Waals surface area contributed by atoms with Crippen molar-refractivity contribution in [2.24, 2.45) is 0 Å². The van der Waals surface area contributed by atoms with Crippen LogP contribution in [-0.4, -0.2) is 55.4 Å². The van der Waals surface area contributed by atoms with Crippen LogP contribution >= 0.6 is 0 Å². The zero-order chi connectivity index (χ0) is 25.0. The Kier molecular flexibility index (Phi) is 7.76. The van der Waals surface area contributed by atoms with E-state index in [0.29, 0.717) is 25.7 Å². The standard InChI is InChI=1S/C26H32N2O6S/c1-2-23(19-8-10-20(11-9-19)27-16-5-6-17-27)26(31)34-21-12-14-22(15-13-21)35(32,33)28-18-4-3-7-24(28)25(29)30/h8-15,23-24H,2-7,16-18H2,1H3,(H,29,30). The van der Waals surface area contributed by atoms with Crippen LogP contribution in [0.4, 0.5) is 5.69 Å². The number of carbonyl (C=O) groups is 2. The quantitative estimate of drug-likeness (QED) is 0.431. The molecule has 0 radical (unpaired) electrons. The van der Waals surface area contributed by atoms with E-state index >= 15 is 0 Å². The molecular weight excluding hydrogens is 468 g/mol. The maximum atomic E-state index is 13.0. The highest BCUT2D eigenvalue weighted by Gasteiger charge is 2.37. The first-order chi connectivity index (χ1) is 16.8. The highest BCUT2D eigenvalue weighted by atomic mass is 32.2. The van der Waals surface area contributed by atoms with E-state index in [-0.39, 0.29) is 17.2 Å². The number of benzene rings is 2. The van der Waals surface area contributed by atoms with E-state index in [1.165, 1.54) is 37.1 Å². The first kappa shape index (κ1) is 25.2. The largest absolute Gasteiger partial charge is 0.480 e. The highest BCUT2D eigenvalue weighted by Crippen LogP contribution is 2.29. The Labute approximate surface area is 206 Å². The molecule has 2 unspecified atom stereocenters. The molecule has 2 atom stereocenters. The molecule has 2 aliphatic rings. The van der Waals surface area contributed by atoms with Crippen molar-refractivity contribution >= 4 is 27.6 Å². The number of nitrogens with zero attached hydrogens (tertiary/aromatic N) is 2. The van der Waals surface area contributed by atoms with E-state index in [9.17, 15) is 23.1 Å². The van der Waals surface area contributed by atoms with Crippen molar-refractivity contribution in [3.05, 3.63) is 54.1 Å². The van der Waals surface area contributed by atoms with Gasteiger partial charge in [-0.2, -0.15) is 4.31 Å². The summed E-state index contributed by atoms with van der Waals surface area (Å²) in [5, 5.41) is 9.44. The molecule has 4 rings (SSSR count). The predicted molar refractivity (Wildman–Crippen MR) is 132 cm³/mol. The summed E-state index contributed by atoms with van der Waals surface area (Å²) >= 11 is 0. The van der Waals surface area contributed by atoms with Crippen molar-refractivity contribution in [2.45, 2.75) is 62.3 Å². The monoisotopic (exact) mass is 500 g/mol. The van der Waals surface area contributed by atoms with Crippen LogP contribution in [0.2, 0.25) is 0 Å². The van der Waals surface area contributed by atoms with Crippen LogP contribution < -0.4 is 9.64 Å². The minimum Gasteiger partial charge on any atom is -0.480 e. The van der Waals surface area contributed by atoms with Crippen LogP contribution in [0.3, 0.4) is 0 Å². The van der Waals surface area contributed by atoms with E-state index in [1.807, 2.05) is 31.2 Å². The highest BCUT2D eigenvalue weighted by molar-refractivity contribution is 7.89. The Morgan fingerprint density at radius 2 is 1.60 bits per heavy atom. The molecule has 0 spiro atoms. The Hall–Kier alpha value is -2.91. The molecular formula is C26H32N2O6S. The van der Waals surface area contributed by atoms with Crippen molar-refractivity contribution in [1.29, 1.82) is 0 Å².